The van der Waals surface area contributed by atoms with E-state index in [1.165, 1.54) is 6.07 Å². The van der Waals surface area contributed by atoms with Crippen molar-refractivity contribution >= 4 is 29.5 Å². The molecule has 0 aliphatic rings. The Labute approximate surface area is 86.5 Å². The van der Waals surface area contributed by atoms with Gasteiger partial charge in [-0.1, -0.05) is 0 Å². The van der Waals surface area contributed by atoms with E-state index in [1.54, 1.807) is 12.1 Å². The zero-order valence-corrected chi connectivity index (χ0v) is 8.27. The van der Waals surface area contributed by atoms with E-state index in [4.69, 9.17) is 16.9 Å². The standard InChI is InChI=1S/C9H6ClNOS/c10-9(12)8-2-6(4-11)1-7(3-8)5-13/h1-3,13H,5H2. The van der Waals surface area contributed by atoms with Gasteiger partial charge in [-0.3, -0.25) is 4.79 Å². The number of nitriles is 1. The molecule has 0 aliphatic heterocycles. The van der Waals surface area contributed by atoms with Crippen molar-refractivity contribution in [2.24, 2.45) is 0 Å². The molecule has 0 fully saturated rings. The van der Waals surface area contributed by atoms with Crippen LogP contribution >= 0.6 is 24.2 Å². The summed E-state index contributed by atoms with van der Waals surface area (Å²) in [6.45, 7) is 0. The van der Waals surface area contributed by atoms with Crippen molar-refractivity contribution in [2.45, 2.75) is 5.75 Å². The van der Waals surface area contributed by atoms with Crippen molar-refractivity contribution < 1.29 is 4.79 Å². The lowest BCUT2D eigenvalue weighted by molar-refractivity contribution is 0.108. The van der Waals surface area contributed by atoms with E-state index in [9.17, 15) is 4.79 Å². The van der Waals surface area contributed by atoms with Gasteiger partial charge in [0.25, 0.3) is 5.24 Å². The fourth-order valence-electron chi connectivity index (χ4n) is 0.961. The van der Waals surface area contributed by atoms with Gasteiger partial charge < -0.3 is 0 Å². The van der Waals surface area contributed by atoms with E-state index in [0.717, 1.165) is 5.56 Å². The van der Waals surface area contributed by atoms with Crippen molar-refractivity contribution in [3.63, 3.8) is 0 Å². The largest absolute Gasteiger partial charge is 0.276 e. The summed E-state index contributed by atoms with van der Waals surface area (Å²) in [7, 11) is 0. The van der Waals surface area contributed by atoms with Gasteiger partial charge in [-0.15, -0.1) is 0 Å². The van der Waals surface area contributed by atoms with Gasteiger partial charge in [0.2, 0.25) is 0 Å². The highest BCUT2D eigenvalue weighted by molar-refractivity contribution is 7.79. The van der Waals surface area contributed by atoms with Crippen LogP contribution in [0, 0.1) is 11.3 Å². The van der Waals surface area contributed by atoms with Crippen molar-refractivity contribution in [1.82, 2.24) is 0 Å². The molecule has 1 rings (SSSR count). The second-order valence-corrected chi connectivity index (χ2v) is 3.12. The van der Waals surface area contributed by atoms with Crippen LogP contribution in [0.25, 0.3) is 0 Å². The molecule has 0 bridgehead atoms. The summed E-state index contributed by atoms with van der Waals surface area (Å²) in [4.78, 5) is 10.8. The zero-order chi connectivity index (χ0) is 9.84. The number of thiol groups is 1. The molecule has 0 radical (unpaired) electrons. The Morgan fingerprint density at radius 2 is 2.23 bits per heavy atom. The van der Waals surface area contributed by atoms with E-state index < -0.39 is 5.24 Å². The van der Waals surface area contributed by atoms with Gasteiger partial charge in [0.15, 0.2) is 0 Å². The number of carbonyl (C=O) groups excluding carboxylic acids is 1. The molecule has 0 heterocycles. The topological polar surface area (TPSA) is 40.9 Å². The van der Waals surface area contributed by atoms with Gasteiger partial charge >= 0.3 is 0 Å². The minimum atomic E-state index is -0.555. The number of carbonyl (C=O) groups is 1. The predicted molar refractivity (Wildman–Crippen MR) is 54.0 cm³/mol. The summed E-state index contributed by atoms with van der Waals surface area (Å²) < 4.78 is 0. The Morgan fingerprint density at radius 1 is 1.54 bits per heavy atom. The molecular formula is C9H6ClNOS. The van der Waals surface area contributed by atoms with Crippen molar-refractivity contribution in [2.75, 3.05) is 0 Å². The lowest BCUT2D eigenvalue weighted by Gasteiger charge is -1.99. The Kier molecular flexibility index (Phi) is 3.35. The van der Waals surface area contributed by atoms with E-state index in [2.05, 4.69) is 12.6 Å². The van der Waals surface area contributed by atoms with Gasteiger partial charge in [-0.05, 0) is 35.4 Å². The minimum Gasteiger partial charge on any atom is -0.276 e. The van der Waals surface area contributed by atoms with Crippen LogP contribution in [0.15, 0.2) is 18.2 Å². The highest BCUT2D eigenvalue weighted by atomic mass is 35.5. The fraction of sp³-hybridized carbons (Fsp3) is 0.111. The third-order valence-corrected chi connectivity index (χ3v) is 2.11. The van der Waals surface area contributed by atoms with Crippen LogP contribution in [0.1, 0.15) is 21.5 Å². The predicted octanol–water partition coefficient (Wildman–Crippen LogP) is 2.37. The van der Waals surface area contributed by atoms with Crippen molar-refractivity contribution in [1.29, 1.82) is 5.26 Å². The number of hydrogen-bond donors (Lipinski definition) is 1. The van der Waals surface area contributed by atoms with Gasteiger partial charge in [0, 0.05) is 11.3 Å². The number of nitrogens with zero attached hydrogens (tertiary/aromatic N) is 1. The summed E-state index contributed by atoms with van der Waals surface area (Å²) in [5.41, 5.74) is 1.58. The van der Waals surface area contributed by atoms with Gasteiger partial charge in [-0.2, -0.15) is 17.9 Å². The van der Waals surface area contributed by atoms with E-state index in [0.29, 0.717) is 16.9 Å². The van der Waals surface area contributed by atoms with E-state index in [-0.39, 0.29) is 0 Å². The second kappa shape index (κ2) is 4.31. The molecule has 0 atom stereocenters. The highest BCUT2D eigenvalue weighted by Crippen LogP contribution is 2.13. The van der Waals surface area contributed by atoms with Crippen LogP contribution < -0.4 is 0 Å². The van der Waals surface area contributed by atoms with Crippen LogP contribution in [0.5, 0.6) is 0 Å². The maximum absolute atomic E-state index is 10.8. The molecule has 66 valence electrons. The van der Waals surface area contributed by atoms with Gasteiger partial charge in [-0.25, -0.2) is 0 Å². The Hall–Kier alpha value is -0.980. The van der Waals surface area contributed by atoms with E-state index in [1.807, 2.05) is 6.07 Å². The maximum atomic E-state index is 10.8. The lowest BCUT2D eigenvalue weighted by Crippen LogP contribution is -1.92. The molecule has 0 unspecified atom stereocenters. The average molecular weight is 212 g/mol. The molecule has 0 amide bonds. The van der Waals surface area contributed by atoms with Crippen LogP contribution in [-0.4, -0.2) is 5.24 Å². The Morgan fingerprint density at radius 3 is 2.69 bits per heavy atom. The molecule has 0 saturated carbocycles. The summed E-state index contributed by atoms with van der Waals surface area (Å²) in [6, 6.07) is 6.72. The molecule has 1 aromatic rings. The quantitative estimate of drug-likeness (QED) is 0.603. The number of rotatable bonds is 2. The Bertz CT molecular complexity index is 384. The molecule has 0 spiro atoms. The van der Waals surface area contributed by atoms with Crippen LogP contribution in [0.4, 0.5) is 0 Å². The van der Waals surface area contributed by atoms with Crippen LogP contribution in [-0.2, 0) is 5.75 Å². The first-order valence-electron chi connectivity index (χ1n) is 3.52. The smallest absolute Gasteiger partial charge is 0.252 e. The monoisotopic (exact) mass is 211 g/mol. The summed E-state index contributed by atoms with van der Waals surface area (Å²) in [6.07, 6.45) is 0. The number of benzene rings is 1. The fourth-order valence-corrected chi connectivity index (χ4v) is 1.25. The molecule has 13 heavy (non-hydrogen) atoms. The average Bonchev–Trinajstić information content (AvgIpc) is 2.16. The van der Waals surface area contributed by atoms with Crippen molar-refractivity contribution in [3.8, 4) is 6.07 Å². The lowest BCUT2D eigenvalue weighted by atomic mass is 10.1. The molecular weight excluding hydrogens is 206 g/mol. The zero-order valence-electron chi connectivity index (χ0n) is 6.62. The molecule has 0 aliphatic carbocycles. The van der Waals surface area contributed by atoms with Crippen LogP contribution in [0.3, 0.4) is 0 Å². The summed E-state index contributed by atoms with van der Waals surface area (Å²) in [5.74, 6) is 0.479. The highest BCUT2D eigenvalue weighted by Gasteiger charge is 2.04. The maximum Gasteiger partial charge on any atom is 0.252 e. The first-order valence-corrected chi connectivity index (χ1v) is 4.53. The van der Waals surface area contributed by atoms with E-state index >= 15 is 0 Å². The Balaban J connectivity index is 3.24. The molecule has 0 N–H and O–H groups in total. The molecule has 2 nitrogen and oxygen atoms in total. The summed E-state index contributed by atoms with van der Waals surface area (Å²) in [5, 5.41) is 8.08. The first kappa shape index (κ1) is 10.1. The normalized spacial score (nSPS) is 9.31. The SMILES string of the molecule is N#Cc1cc(CS)cc(C(=O)Cl)c1. The van der Waals surface area contributed by atoms with Gasteiger partial charge in [0.1, 0.15) is 0 Å². The number of halogens is 1. The van der Waals surface area contributed by atoms with Gasteiger partial charge in [0.05, 0.1) is 11.6 Å². The minimum absolute atomic E-state index is 0.338. The van der Waals surface area contributed by atoms with Crippen LogP contribution in [0.2, 0.25) is 0 Å². The second-order valence-electron chi connectivity index (χ2n) is 2.46. The van der Waals surface area contributed by atoms with Crippen molar-refractivity contribution in [3.05, 3.63) is 34.9 Å². The summed E-state index contributed by atoms with van der Waals surface area (Å²) >= 11 is 9.34. The number of hydrogen-bond acceptors (Lipinski definition) is 3. The third kappa shape index (κ3) is 2.48. The first-order chi connectivity index (χ1) is 6.17. The molecule has 0 saturated heterocycles. The molecule has 1 aromatic carbocycles. The molecule has 4 heteroatoms. The molecule has 0 aromatic heterocycles. The third-order valence-electron chi connectivity index (χ3n) is 1.53.